The Kier molecular flexibility index (Phi) is 6.63. The lowest BCUT2D eigenvalue weighted by molar-refractivity contribution is -0.168. The fraction of sp³-hybridized carbons (Fsp3) is 0.500. The number of H-pyrrole nitrogens is 1. The number of nitrogens with zero attached hydrogens (tertiary/aromatic N) is 1. The van der Waals surface area contributed by atoms with E-state index in [-0.39, 0.29) is 5.76 Å². The minimum absolute atomic E-state index is 0.273. The van der Waals surface area contributed by atoms with E-state index in [2.05, 4.69) is 9.97 Å². The van der Waals surface area contributed by atoms with E-state index in [1.165, 1.54) is 11.8 Å². The van der Waals surface area contributed by atoms with Gasteiger partial charge >= 0.3 is 6.18 Å². The van der Waals surface area contributed by atoms with Crippen LogP contribution in [0.5, 0.6) is 0 Å². The summed E-state index contributed by atoms with van der Waals surface area (Å²) in [6, 6.07) is 7.26. The van der Waals surface area contributed by atoms with Gasteiger partial charge in [-0.15, -0.1) is 0 Å². The summed E-state index contributed by atoms with van der Waals surface area (Å²) < 4.78 is 42.6. The standard InChI is InChI=1S/C18H24F3N3OS/c1-4-7-15(25-11-18(19,20)21)17(2,3)14(22)10-26-16-23-12-8-5-6-9-13(12)24-16/h5-9,14H,4,10-11,22H2,1-3H3,(H,23,24)/b15-7+. The zero-order valence-electron chi connectivity index (χ0n) is 15.1. The van der Waals surface area contributed by atoms with Gasteiger partial charge in [-0.2, -0.15) is 13.2 Å². The van der Waals surface area contributed by atoms with Gasteiger partial charge in [-0.25, -0.2) is 4.98 Å². The number of nitrogens with one attached hydrogen (secondary N) is 1. The molecule has 0 spiro atoms. The largest absolute Gasteiger partial charge is 0.488 e. The SMILES string of the molecule is CC/C=C(/OCC(F)(F)F)C(C)(C)C(N)CSc1nc2ccccc2[nH]1. The Morgan fingerprint density at radius 1 is 1.35 bits per heavy atom. The Balaban J connectivity index is 2.04. The van der Waals surface area contributed by atoms with Crippen LogP contribution in [0.15, 0.2) is 41.3 Å². The summed E-state index contributed by atoms with van der Waals surface area (Å²) in [5, 5.41) is 0.731. The maximum absolute atomic E-state index is 12.5. The van der Waals surface area contributed by atoms with Crippen LogP contribution in [0.1, 0.15) is 27.2 Å². The summed E-state index contributed by atoms with van der Waals surface area (Å²) in [7, 11) is 0. The van der Waals surface area contributed by atoms with Crippen molar-refractivity contribution in [2.24, 2.45) is 11.1 Å². The number of rotatable bonds is 8. The van der Waals surface area contributed by atoms with Gasteiger partial charge < -0.3 is 15.5 Å². The number of benzene rings is 1. The minimum Gasteiger partial charge on any atom is -0.488 e. The van der Waals surface area contributed by atoms with Gasteiger partial charge in [0.15, 0.2) is 11.8 Å². The molecule has 8 heteroatoms. The predicted molar refractivity (Wildman–Crippen MR) is 99.0 cm³/mol. The van der Waals surface area contributed by atoms with Gasteiger partial charge in [-0.3, -0.25) is 0 Å². The van der Waals surface area contributed by atoms with Crippen LogP contribution in [-0.2, 0) is 4.74 Å². The Hall–Kier alpha value is -1.67. The lowest BCUT2D eigenvalue weighted by Crippen LogP contribution is -2.42. The smallest absolute Gasteiger partial charge is 0.422 e. The molecule has 26 heavy (non-hydrogen) atoms. The van der Waals surface area contributed by atoms with Gasteiger partial charge in [-0.05, 0) is 24.6 Å². The molecule has 1 aromatic heterocycles. The summed E-state index contributed by atoms with van der Waals surface area (Å²) >= 11 is 1.44. The number of halogens is 3. The number of alkyl halides is 3. The van der Waals surface area contributed by atoms with E-state index in [4.69, 9.17) is 10.5 Å². The highest BCUT2D eigenvalue weighted by molar-refractivity contribution is 7.99. The first-order chi connectivity index (χ1) is 12.1. The summed E-state index contributed by atoms with van der Waals surface area (Å²) in [6.45, 7) is 4.14. The molecule has 1 heterocycles. The molecule has 1 unspecified atom stereocenters. The number of aromatic amines is 1. The van der Waals surface area contributed by atoms with E-state index in [1.54, 1.807) is 19.9 Å². The van der Waals surface area contributed by atoms with E-state index in [0.717, 1.165) is 16.2 Å². The number of thioether (sulfide) groups is 1. The average Bonchev–Trinajstić information content (AvgIpc) is 2.98. The van der Waals surface area contributed by atoms with E-state index in [0.29, 0.717) is 12.2 Å². The van der Waals surface area contributed by atoms with Crippen molar-refractivity contribution in [2.45, 2.75) is 44.6 Å². The molecule has 0 amide bonds. The molecule has 4 nitrogen and oxygen atoms in total. The van der Waals surface area contributed by atoms with Gasteiger partial charge in [0.2, 0.25) is 0 Å². The Bertz CT molecular complexity index is 722. The van der Waals surface area contributed by atoms with Crippen molar-refractivity contribution in [2.75, 3.05) is 12.4 Å². The number of aromatic nitrogens is 2. The van der Waals surface area contributed by atoms with E-state index in [9.17, 15) is 13.2 Å². The van der Waals surface area contributed by atoms with E-state index < -0.39 is 24.2 Å². The molecule has 2 aromatic rings. The quantitative estimate of drug-likeness (QED) is 0.500. The molecule has 1 atom stereocenters. The van der Waals surface area contributed by atoms with Crippen molar-refractivity contribution >= 4 is 22.8 Å². The Labute approximate surface area is 155 Å². The highest BCUT2D eigenvalue weighted by atomic mass is 32.2. The van der Waals surface area contributed by atoms with E-state index in [1.807, 2.05) is 31.2 Å². The number of nitrogens with two attached hydrogens (primary N) is 1. The molecule has 0 saturated carbocycles. The predicted octanol–water partition coefficient (Wildman–Crippen LogP) is 4.88. The third-order valence-corrected chi connectivity index (χ3v) is 5.10. The molecule has 144 valence electrons. The molecule has 0 aliphatic carbocycles. The zero-order valence-corrected chi connectivity index (χ0v) is 15.9. The van der Waals surface area contributed by atoms with Crippen molar-refractivity contribution in [1.29, 1.82) is 0 Å². The Morgan fingerprint density at radius 3 is 2.65 bits per heavy atom. The number of hydrogen-bond acceptors (Lipinski definition) is 4. The maximum Gasteiger partial charge on any atom is 0.422 e. The van der Waals surface area contributed by atoms with Crippen LogP contribution < -0.4 is 5.73 Å². The molecule has 2 rings (SSSR count). The first-order valence-electron chi connectivity index (χ1n) is 8.36. The first-order valence-corrected chi connectivity index (χ1v) is 9.35. The van der Waals surface area contributed by atoms with Gasteiger partial charge in [0.25, 0.3) is 0 Å². The molecule has 0 bridgehead atoms. The number of ether oxygens (including phenoxy) is 1. The summed E-state index contributed by atoms with van der Waals surface area (Å²) in [5.41, 5.74) is 7.36. The minimum atomic E-state index is -4.38. The monoisotopic (exact) mass is 387 g/mol. The van der Waals surface area contributed by atoms with Crippen molar-refractivity contribution in [1.82, 2.24) is 9.97 Å². The van der Waals surface area contributed by atoms with Crippen LogP contribution in [0.2, 0.25) is 0 Å². The van der Waals surface area contributed by atoms with Crippen LogP contribution in [0.25, 0.3) is 11.0 Å². The van der Waals surface area contributed by atoms with Crippen LogP contribution in [0.4, 0.5) is 13.2 Å². The van der Waals surface area contributed by atoms with Crippen molar-refractivity contribution in [3.05, 3.63) is 36.1 Å². The second-order valence-corrected chi connectivity index (χ2v) is 7.59. The summed E-state index contributed by atoms with van der Waals surface area (Å²) in [4.78, 5) is 7.68. The van der Waals surface area contributed by atoms with Gasteiger partial charge in [-0.1, -0.05) is 44.7 Å². The molecule has 0 fully saturated rings. The third kappa shape index (κ3) is 5.41. The van der Waals surface area contributed by atoms with Crippen molar-refractivity contribution < 1.29 is 17.9 Å². The van der Waals surface area contributed by atoms with Crippen molar-refractivity contribution in [3.8, 4) is 0 Å². The first kappa shape index (κ1) is 20.6. The highest BCUT2D eigenvalue weighted by Gasteiger charge is 2.36. The van der Waals surface area contributed by atoms with Gasteiger partial charge in [0, 0.05) is 17.2 Å². The maximum atomic E-state index is 12.5. The Morgan fingerprint density at radius 2 is 2.04 bits per heavy atom. The van der Waals surface area contributed by atoms with Crippen LogP contribution in [0, 0.1) is 5.41 Å². The molecule has 1 aromatic carbocycles. The number of para-hydroxylation sites is 2. The number of imidazole rings is 1. The fourth-order valence-electron chi connectivity index (χ4n) is 2.41. The lowest BCUT2D eigenvalue weighted by atomic mass is 9.83. The van der Waals surface area contributed by atoms with Crippen LogP contribution in [-0.4, -0.2) is 34.5 Å². The number of hydrogen-bond donors (Lipinski definition) is 2. The molecular formula is C18H24F3N3OS. The third-order valence-electron chi connectivity index (χ3n) is 4.11. The molecule has 0 saturated heterocycles. The second-order valence-electron chi connectivity index (χ2n) is 6.58. The summed E-state index contributed by atoms with van der Waals surface area (Å²) in [5.74, 6) is 0.763. The average molecular weight is 387 g/mol. The molecule has 0 aliphatic heterocycles. The highest BCUT2D eigenvalue weighted by Crippen LogP contribution is 2.34. The van der Waals surface area contributed by atoms with E-state index >= 15 is 0 Å². The summed E-state index contributed by atoms with van der Waals surface area (Å²) in [6.07, 6.45) is -2.15. The molecule has 0 aliphatic rings. The van der Waals surface area contributed by atoms with Crippen LogP contribution in [0.3, 0.4) is 0 Å². The van der Waals surface area contributed by atoms with Gasteiger partial charge in [0.1, 0.15) is 0 Å². The molecular weight excluding hydrogens is 363 g/mol. The fourth-order valence-corrected chi connectivity index (χ4v) is 3.51. The molecule has 3 N–H and O–H groups in total. The van der Waals surface area contributed by atoms with Gasteiger partial charge in [0.05, 0.1) is 16.8 Å². The number of fused-ring (bicyclic) bond motifs is 1. The number of allylic oxidation sites excluding steroid dienone is 1. The normalized spacial score (nSPS) is 14.7. The zero-order chi connectivity index (χ0) is 19.4. The topological polar surface area (TPSA) is 63.9 Å². The van der Waals surface area contributed by atoms with Crippen molar-refractivity contribution in [3.63, 3.8) is 0 Å². The molecule has 0 radical (unpaired) electrons. The van der Waals surface area contributed by atoms with Crippen LogP contribution >= 0.6 is 11.8 Å². The second kappa shape index (κ2) is 8.35. The lowest BCUT2D eigenvalue weighted by Gasteiger charge is -2.33.